The van der Waals surface area contributed by atoms with Gasteiger partial charge < -0.3 is 25.6 Å². The summed E-state index contributed by atoms with van der Waals surface area (Å²) in [5.74, 6) is -2.44. The second-order valence-electron chi connectivity index (χ2n) is 13.7. The number of carboxylic acid groups (broad SMARTS) is 1. The van der Waals surface area contributed by atoms with Crippen LogP contribution < -0.4 is 10.6 Å². The van der Waals surface area contributed by atoms with Crippen LogP contribution >= 0.6 is 0 Å². The molecule has 52 heavy (non-hydrogen) atoms. The predicted octanol–water partition coefficient (Wildman–Crippen LogP) is 9.59. The molecule has 0 bridgehead atoms. The van der Waals surface area contributed by atoms with Gasteiger partial charge >= 0.3 is 11.9 Å². The Kier molecular flexibility index (Phi) is 35.2. The first-order valence-electron chi connectivity index (χ1n) is 20.5. The highest BCUT2D eigenvalue weighted by molar-refractivity contribution is 5.87. The third-order valence-electron chi connectivity index (χ3n) is 8.78. The fraction of sp³-hybridized carbons (Fsp3) is 0.721. The second-order valence-corrected chi connectivity index (χ2v) is 13.7. The Bertz CT molecular complexity index is 1020. The number of hydrogen-bond acceptors (Lipinski definition) is 6. The molecule has 0 radical (unpaired) electrons. The number of nitrogens with one attached hydrogen (secondary N) is 2. The number of aliphatic hydroxyl groups is 1. The fourth-order valence-corrected chi connectivity index (χ4v) is 5.56. The summed E-state index contributed by atoms with van der Waals surface area (Å²) in [6, 6.07) is -1.39. The Labute approximate surface area is 316 Å². The molecule has 0 aromatic heterocycles. The van der Waals surface area contributed by atoms with Gasteiger partial charge in [-0.3, -0.25) is 14.4 Å². The third-order valence-corrected chi connectivity index (χ3v) is 8.78. The number of carbonyl (C=O) groups excluding carboxylic acids is 3. The monoisotopic (exact) mass is 731 g/mol. The molecular weight excluding hydrogens is 656 g/mol. The normalized spacial score (nSPS) is 13.0. The van der Waals surface area contributed by atoms with Crippen molar-refractivity contribution in [3.05, 3.63) is 48.6 Å². The molecule has 0 aliphatic carbocycles. The molecule has 0 heterocycles. The van der Waals surface area contributed by atoms with E-state index in [1.54, 1.807) is 0 Å². The van der Waals surface area contributed by atoms with E-state index in [0.29, 0.717) is 12.8 Å². The summed E-state index contributed by atoms with van der Waals surface area (Å²) in [7, 11) is 0. The molecule has 0 aliphatic heterocycles. The highest BCUT2D eigenvalue weighted by atomic mass is 16.5. The molecule has 0 saturated heterocycles. The van der Waals surface area contributed by atoms with Crippen LogP contribution in [-0.4, -0.2) is 59.3 Å². The number of carboxylic acids is 1. The summed E-state index contributed by atoms with van der Waals surface area (Å²) in [5, 5.41) is 22.5. The van der Waals surface area contributed by atoms with Gasteiger partial charge in [0, 0.05) is 12.8 Å². The Hall–Kier alpha value is -3.20. The van der Waals surface area contributed by atoms with Crippen LogP contribution in [0.15, 0.2) is 48.6 Å². The van der Waals surface area contributed by atoms with Crippen molar-refractivity contribution in [1.29, 1.82) is 0 Å². The van der Waals surface area contributed by atoms with Crippen LogP contribution in [0.2, 0.25) is 0 Å². The largest absolute Gasteiger partial charge is 0.480 e. The number of aliphatic carboxylic acids is 1. The lowest BCUT2D eigenvalue weighted by Gasteiger charge is -2.15. The number of aliphatic hydroxyl groups excluding tert-OH is 1. The van der Waals surface area contributed by atoms with E-state index in [0.717, 1.165) is 70.6 Å². The molecule has 0 aromatic carbocycles. The lowest BCUT2D eigenvalue weighted by Crippen LogP contribution is -2.47. The molecular formula is C43H74N2O7. The van der Waals surface area contributed by atoms with Crippen LogP contribution in [0.3, 0.4) is 0 Å². The van der Waals surface area contributed by atoms with E-state index in [2.05, 4.69) is 67.0 Å². The van der Waals surface area contributed by atoms with Crippen LogP contribution in [0.1, 0.15) is 174 Å². The molecule has 0 spiro atoms. The van der Waals surface area contributed by atoms with Crippen LogP contribution in [0.4, 0.5) is 0 Å². The highest BCUT2D eigenvalue weighted by Gasteiger charge is 2.18. The van der Waals surface area contributed by atoms with E-state index in [1.165, 1.54) is 70.6 Å². The molecule has 0 aromatic rings. The molecule has 0 aliphatic rings. The summed E-state index contributed by atoms with van der Waals surface area (Å²) >= 11 is 0. The molecule has 0 fully saturated rings. The maximum absolute atomic E-state index is 12.7. The van der Waals surface area contributed by atoms with Gasteiger partial charge in [-0.25, -0.2) is 4.79 Å². The average Bonchev–Trinajstić information content (AvgIpc) is 3.13. The smallest absolute Gasteiger partial charge is 0.328 e. The molecule has 0 rings (SSSR count). The van der Waals surface area contributed by atoms with E-state index < -0.39 is 24.5 Å². The molecule has 9 heteroatoms. The summed E-state index contributed by atoms with van der Waals surface area (Å²) in [5.41, 5.74) is 0. The number of carbonyl (C=O) groups is 4. The minimum atomic E-state index is -1.39. The van der Waals surface area contributed by atoms with E-state index >= 15 is 0 Å². The number of allylic oxidation sites excluding steroid dienone is 7. The lowest BCUT2D eigenvalue weighted by molar-refractivity contribution is -0.147. The number of amides is 2. The van der Waals surface area contributed by atoms with Crippen molar-refractivity contribution in [2.75, 3.05) is 13.2 Å². The average molecular weight is 731 g/mol. The Balaban J connectivity index is 4.23. The van der Waals surface area contributed by atoms with Crippen molar-refractivity contribution < 1.29 is 34.1 Å². The summed E-state index contributed by atoms with van der Waals surface area (Å²) in [4.78, 5) is 47.4. The molecule has 2 atom stereocenters. The SMILES string of the molecule is CCCC/C=C\C/C=C\C(CCCCCCC(=O)NCC(=O)NC(CO)C(=O)O)OC(=O)CCCCCCCCC/C=C\C/C=C\CCCCCC. The standard InChI is InChI=1S/C43H74N2O7/c1-3-5-7-9-11-12-13-14-15-16-17-18-19-20-21-23-25-31-35-42(49)52-38(32-28-24-22-10-8-6-4-2)33-29-26-27-30-34-40(47)44-36-41(48)45-39(37-46)43(50)51/h10,12-13,15-16,22,28,32,38-39,46H,3-9,11,14,17-21,23-27,29-31,33-37H2,1-2H3,(H,44,47)(H,45,48)(H,50,51)/b13-12-,16-15-,22-10-,32-28-. The van der Waals surface area contributed by atoms with E-state index in [4.69, 9.17) is 14.9 Å². The van der Waals surface area contributed by atoms with Gasteiger partial charge in [0.25, 0.3) is 0 Å². The quantitative estimate of drug-likeness (QED) is 0.0286. The second kappa shape index (κ2) is 37.6. The van der Waals surface area contributed by atoms with Gasteiger partial charge in [-0.15, -0.1) is 0 Å². The molecule has 2 amide bonds. The molecule has 2 unspecified atom stereocenters. The van der Waals surface area contributed by atoms with E-state index in [-0.39, 0.29) is 30.9 Å². The number of ether oxygens (including phenoxy) is 1. The van der Waals surface area contributed by atoms with Gasteiger partial charge in [0.2, 0.25) is 11.8 Å². The Morgan fingerprint density at radius 2 is 1.12 bits per heavy atom. The first-order valence-corrected chi connectivity index (χ1v) is 20.5. The van der Waals surface area contributed by atoms with Crippen LogP contribution in [0.25, 0.3) is 0 Å². The first-order chi connectivity index (χ1) is 25.3. The van der Waals surface area contributed by atoms with Crippen molar-refractivity contribution in [2.45, 2.75) is 187 Å². The third kappa shape index (κ3) is 33.9. The van der Waals surface area contributed by atoms with E-state index in [1.807, 2.05) is 6.08 Å². The maximum Gasteiger partial charge on any atom is 0.328 e. The van der Waals surface area contributed by atoms with E-state index in [9.17, 15) is 19.2 Å². The Morgan fingerprint density at radius 3 is 1.71 bits per heavy atom. The van der Waals surface area contributed by atoms with Gasteiger partial charge in [0.05, 0.1) is 13.2 Å². The number of unbranched alkanes of at least 4 members (excludes halogenated alkanes) is 16. The van der Waals surface area contributed by atoms with Gasteiger partial charge in [-0.05, 0) is 76.7 Å². The highest BCUT2D eigenvalue weighted by Crippen LogP contribution is 2.15. The fourth-order valence-electron chi connectivity index (χ4n) is 5.56. The number of rotatable bonds is 36. The van der Waals surface area contributed by atoms with Crippen molar-refractivity contribution in [2.24, 2.45) is 0 Å². The van der Waals surface area contributed by atoms with Crippen LogP contribution in [0.5, 0.6) is 0 Å². The van der Waals surface area contributed by atoms with Gasteiger partial charge in [-0.1, -0.05) is 133 Å². The molecule has 0 saturated carbocycles. The zero-order valence-corrected chi connectivity index (χ0v) is 32.8. The minimum absolute atomic E-state index is 0.138. The lowest BCUT2D eigenvalue weighted by atomic mass is 10.1. The zero-order chi connectivity index (χ0) is 38.3. The summed E-state index contributed by atoms with van der Waals surface area (Å²) in [6.07, 6.45) is 43.0. The maximum atomic E-state index is 12.7. The zero-order valence-electron chi connectivity index (χ0n) is 32.8. The van der Waals surface area contributed by atoms with Crippen molar-refractivity contribution in [3.8, 4) is 0 Å². The first kappa shape index (κ1) is 48.8. The Morgan fingerprint density at radius 1 is 0.596 bits per heavy atom. The van der Waals surface area contributed by atoms with Crippen molar-refractivity contribution >= 4 is 23.8 Å². The van der Waals surface area contributed by atoms with Gasteiger partial charge in [-0.2, -0.15) is 0 Å². The molecule has 4 N–H and O–H groups in total. The minimum Gasteiger partial charge on any atom is -0.480 e. The van der Waals surface area contributed by atoms with Crippen LogP contribution in [-0.2, 0) is 23.9 Å². The summed E-state index contributed by atoms with van der Waals surface area (Å²) in [6.45, 7) is 3.36. The van der Waals surface area contributed by atoms with Gasteiger partial charge in [0.15, 0.2) is 0 Å². The van der Waals surface area contributed by atoms with Crippen LogP contribution in [0, 0.1) is 0 Å². The van der Waals surface area contributed by atoms with Crippen molar-refractivity contribution in [1.82, 2.24) is 10.6 Å². The van der Waals surface area contributed by atoms with Gasteiger partial charge in [0.1, 0.15) is 12.1 Å². The topological polar surface area (TPSA) is 142 Å². The predicted molar refractivity (Wildman–Crippen MR) is 213 cm³/mol. The number of esters is 1. The number of hydrogen-bond donors (Lipinski definition) is 4. The van der Waals surface area contributed by atoms with Crippen molar-refractivity contribution in [3.63, 3.8) is 0 Å². The molecule has 9 nitrogen and oxygen atoms in total. The molecule has 298 valence electrons. The summed E-state index contributed by atoms with van der Waals surface area (Å²) < 4.78 is 5.86.